The molecule has 0 spiro atoms. The fourth-order valence-electron chi connectivity index (χ4n) is 2.94. The van der Waals surface area contributed by atoms with Gasteiger partial charge in [0.25, 0.3) is 0 Å². The number of hydrogen-bond donors (Lipinski definition) is 2. The van der Waals surface area contributed by atoms with Crippen molar-refractivity contribution in [3.8, 4) is 0 Å². The minimum atomic E-state index is 0.310. The highest BCUT2D eigenvalue weighted by Gasteiger charge is 2.14. The van der Waals surface area contributed by atoms with E-state index in [0.717, 1.165) is 58.3 Å². The van der Waals surface area contributed by atoms with E-state index in [4.69, 9.17) is 14.5 Å². The smallest absolute Gasteiger partial charge is 0.191 e. The third-order valence-corrected chi connectivity index (χ3v) is 4.60. The molecule has 0 radical (unpaired) electrons. The molecule has 1 aliphatic rings. The van der Waals surface area contributed by atoms with E-state index in [1.807, 2.05) is 0 Å². The quantitative estimate of drug-likeness (QED) is 0.382. The van der Waals surface area contributed by atoms with E-state index >= 15 is 0 Å². The van der Waals surface area contributed by atoms with Gasteiger partial charge in [0.1, 0.15) is 0 Å². The summed E-state index contributed by atoms with van der Waals surface area (Å²) in [6.45, 7) is 11.3. The lowest BCUT2D eigenvalue weighted by molar-refractivity contribution is 0.0168. The number of nitrogens with zero attached hydrogens (tertiary/aromatic N) is 1. The van der Waals surface area contributed by atoms with Crippen molar-refractivity contribution in [1.82, 2.24) is 10.6 Å². The number of nitrogens with one attached hydrogen (secondary N) is 2. The summed E-state index contributed by atoms with van der Waals surface area (Å²) >= 11 is 0. The summed E-state index contributed by atoms with van der Waals surface area (Å²) in [6.07, 6.45) is 3.57. The fourth-order valence-corrected chi connectivity index (χ4v) is 2.94. The predicted molar refractivity (Wildman–Crippen MR) is 108 cm³/mol. The molecule has 0 aromatic heterocycles. The molecule has 5 nitrogen and oxygen atoms in total. The van der Waals surface area contributed by atoms with E-state index in [1.165, 1.54) is 17.5 Å². The lowest BCUT2D eigenvalue weighted by Crippen LogP contribution is -2.38. The van der Waals surface area contributed by atoms with Gasteiger partial charge in [0.15, 0.2) is 5.96 Å². The highest BCUT2D eigenvalue weighted by atomic mass is 16.5. The number of hydrogen-bond acceptors (Lipinski definition) is 3. The summed E-state index contributed by atoms with van der Waals surface area (Å²) in [5, 5.41) is 6.70. The van der Waals surface area contributed by atoms with Crippen LogP contribution >= 0.6 is 0 Å². The van der Waals surface area contributed by atoms with Crippen molar-refractivity contribution in [1.29, 1.82) is 0 Å². The summed E-state index contributed by atoms with van der Waals surface area (Å²) in [4.78, 5) is 4.73. The summed E-state index contributed by atoms with van der Waals surface area (Å²) in [5.74, 6) is 1.28. The van der Waals surface area contributed by atoms with Crippen LogP contribution in [0.15, 0.2) is 29.3 Å². The third-order valence-electron chi connectivity index (χ3n) is 4.60. The molecule has 26 heavy (non-hydrogen) atoms. The van der Waals surface area contributed by atoms with Gasteiger partial charge in [-0.3, -0.25) is 4.99 Å². The maximum absolute atomic E-state index is 5.70. The molecule has 1 aliphatic heterocycles. The predicted octanol–water partition coefficient (Wildman–Crippen LogP) is 3.24. The first-order chi connectivity index (χ1) is 12.7. The molecule has 2 N–H and O–H groups in total. The zero-order valence-corrected chi connectivity index (χ0v) is 16.6. The molecule has 2 atom stereocenters. The molecule has 1 heterocycles. The van der Waals surface area contributed by atoms with Crippen LogP contribution in [0, 0.1) is 6.92 Å². The Morgan fingerprint density at radius 2 is 2.12 bits per heavy atom. The number of aliphatic imine (C=N–C) groups is 1. The first-order valence-corrected chi connectivity index (χ1v) is 9.97. The van der Waals surface area contributed by atoms with E-state index in [-0.39, 0.29) is 0 Å². The minimum absolute atomic E-state index is 0.310. The van der Waals surface area contributed by atoms with E-state index in [1.54, 1.807) is 0 Å². The van der Waals surface area contributed by atoms with Gasteiger partial charge in [0.2, 0.25) is 0 Å². The van der Waals surface area contributed by atoms with Gasteiger partial charge in [0.05, 0.1) is 12.7 Å². The number of benzene rings is 1. The Morgan fingerprint density at radius 1 is 1.31 bits per heavy atom. The largest absolute Gasteiger partial charge is 0.379 e. The molecule has 0 bridgehead atoms. The molecule has 0 aliphatic carbocycles. The van der Waals surface area contributed by atoms with Crippen molar-refractivity contribution in [2.45, 2.75) is 52.1 Å². The molecular weight excluding hydrogens is 326 g/mol. The van der Waals surface area contributed by atoms with Gasteiger partial charge in [-0.2, -0.15) is 0 Å². The Kier molecular flexibility index (Phi) is 9.50. The lowest BCUT2D eigenvalue weighted by atomic mass is 10.0. The second-order valence-electron chi connectivity index (χ2n) is 7.02. The second kappa shape index (κ2) is 11.9. The average Bonchev–Trinajstić information content (AvgIpc) is 3.16. The molecule has 1 aromatic carbocycles. The van der Waals surface area contributed by atoms with E-state index in [2.05, 4.69) is 55.7 Å². The first-order valence-electron chi connectivity index (χ1n) is 9.97. The standard InChI is InChI=1S/C21H35N3O2/c1-4-22-21(23-12-6-13-25-16-20-7-5-14-26-20)24-15-18(3)19-10-8-17(2)9-11-19/h8-11,18,20H,4-7,12-16H2,1-3H3,(H2,22,23,24). The summed E-state index contributed by atoms with van der Waals surface area (Å²) < 4.78 is 11.3. The Hall–Kier alpha value is -1.59. The minimum Gasteiger partial charge on any atom is -0.379 e. The topological polar surface area (TPSA) is 54.9 Å². The summed E-state index contributed by atoms with van der Waals surface area (Å²) in [5.41, 5.74) is 2.62. The molecule has 2 rings (SSSR count). The highest BCUT2D eigenvalue weighted by molar-refractivity contribution is 5.79. The van der Waals surface area contributed by atoms with Crippen LogP contribution in [0.5, 0.6) is 0 Å². The van der Waals surface area contributed by atoms with Crippen LogP contribution in [0.25, 0.3) is 0 Å². The zero-order chi connectivity index (χ0) is 18.6. The Bertz CT molecular complexity index is 525. The third kappa shape index (κ3) is 7.75. The zero-order valence-electron chi connectivity index (χ0n) is 16.6. The number of aryl methyl sites for hydroxylation is 1. The molecular formula is C21H35N3O2. The number of guanidine groups is 1. The van der Waals surface area contributed by atoms with Crippen molar-refractivity contribution in [2.75, 3.05) is 39.5 Å². The first kappa shape index (κ1) is 20.7. The van der Waals surface area contributed by atoms with Gasteiger partial charge in [0, 0.05) is 38.8 Å². The number of rotatable bonds is 10. The number of ether oxygens (including phenoxy) is 2. The Morgan fingerprint density at radius 3 is 2.81 bits per heavy atom. The molecule has 0 saturated carbocycles. The molecule has 1 saturated heterocycles. The lowest BCUT2D eigenvalue weighted by Gasteiger charge is -2.14. The van der Waals surface area contributed by atoms with Crippen molar-refractivity contribution in [2.24, 2.45) is 4.99 Å². The van der Waals surface area contributed by atoms with Gasteiger partial charge in [-0.05, 0) is 38.7 Å². The SMILES string of the molecule is CCNC(=NCC(C)c1ccc(C)cc1)NCCCOCC1CCCO1. The van der Waals surface area contributed by atoms with Crippen molar-refractivity contribution in [3.63, 3.8) is 0 Å². The Labute approximate surface area is 158 Å². The van der Waals surface area contributed by atoms with Crippen LogP contribution in [0.2, 0.25) is 0 Å². The van der Waals surface area contributed by atoms with Crippen molar-refractivity contribution in [3.05, 3.63) is 35.4 Å². The van der Waals surface area contributed by atoms with E-state index in [9.17, 15) is 0 Å². The molecule has 146 valence electrons. The van der Waals surface area contributed by atoms with Crippen LogP contribution in [-0.2, 0) is 9.47 Å². The van der Waals surface area contributed by atoms with Crippen LogP contribution in [0.1, 0.15) is 50.2 Å². The summed E-state index contributed by atoms with van der Waals surface area (Å²) in [7, 11) is 0. The van der Waals surface area contributed by atoms with Gasteiger partial charge < -0.3 is 20.1 Å². The maximum Gasteiger partial charge on any atom is 0.191 e. The van der Waals surface area contributed by atoms with Crippen LogP contribution in [0.3, 0.4) is 0 Å². The Balaban J connectivity index is 1.65. The van der Waals surface area contributed by atoms with Crippen molar-refractivity contribution < 1.29 is 9.47 Å². The fraction of sp³-hybridized carbons (Fsp3) is 0.667. The van der Waals surface area contributed by atoms with Gasteiger partial charge in [-0.25, -0.2) is 0 Å². The molecule has 2 unspecified atom stereocenters. The van der Waals surface area contributed by atoms with Crippen LogP contribution < -0.4 is 10.6 Å². The molecule has 1 aromatic rings. The van der Waals surface area contributed by atoms with Crippen LogP contribution in [0.4, 0.5) is 0 Å². The van der Waals surface area contributed by atoms with Gasteiger partial charge >= 0.3 is 0 Å². The molecule has 0 amide bonds. The second-order valence-corrected chi connectivity index (χ2v) is 7.02. The van der Waals surface area contributed by atoms with Gasteiger partial charge in [-0.15, -0.1) is 0 Å². The monoisotopic (exact) mass is 361 g/mol. The highest BCUT2D eigenvalue weighted by Crippen LogP contribution is 2.16. The average molecular weight is 362 g/mol. The summed E-state index contributed by atoms with van der Waals surface area (Å²) in [6, 6.07) is 8.72. The van der Waals surface area contributed by atoms with Crippen molar-refractivity contribution >= 4 is 5.96 Å². The maximum atomic E-state index is 5.70. The van der Waals surface area contributed by atoms with Crippen LogP contribution in [-0.4, -0.2) is 51.5 Å². The normalized spacial score (nSPS) is 18.7. The molecule has 1 fully saturated rings. The van der Waals surface area contributed by atoms with E-state index < -0.39 is 0 Å². The van der Waals surface area contributed by atoms with E-state index in [0.29, 0.717) is 12.0 Å². The van der Waals surface area contributed by atoms with Gasteiger partial charge in [-0.1, -0.05) is 36.8 Å². The molecule has 5 heteroatoms.